The van der Waals surface area contributed by atoms with Crippen molar-refractivity contribution in [3.8, 4) is 0 Å². The number of hydrogen-bond donors (Lipinski definition) is 1. The van der Waals surface area contributed by atoms with E-state index in [-0.39, 0.29) is 6.10 Å². The molecule has 0 spiro atoms. The Morgan fingerprint density at radius 3 is 2.63 bits per heavy atom. The summed E-state index contributed by atoms with van der Waals surface area (Å²) in [5.41, 5.74) is 1.21. The smallest absolute Gasteiger partial charge is 0.314 e. The van der Waals surface area contributed by atoms with Crippen LogP contribution >= 0.6 is 0 Å². The van der Waals surface area contributed by atoms with Gasteiger partial charge in [0.15, 0.2) is 5.79 Å². The van der Waals surface area contributed by atoms with Gasteiger partial charge in [-0.05, 0) is 37.8 Å². The zero-order valence-electron chi connectivity index (χ0n) is 11.2. The van der Waals surface area contributed by atoms with Crippen molar-refractivity contribution in [2.24, 2.45) is 0 Å². The summed E-state index contributed by atoms with van der Waals surface area (Å²) in [4.78, 5) is 11.4. The highest BCUT2D eigenvalue weighted by Gasteiger charge is 2.51. The van der Waals surface area contributed by atoms with Gasteiger partial charge in [0.25, 0.3) is 0 Å². The molecule has 4 heteroatoms. The van der Waals surface area contributed by atoms with E-state index in [4.69, 9.17) is 9.47 Å². The van der Waals surface area contributed by atoms with Crippen LogP contribution < -0.4 is 0 Å². The van der Waals surface area contributed by atoms with Crippen LogP contribution in [0.15, 0.2) is 24.3 Å². The molecule has 1 N–H and O–H groups in total. The van der Waals surface area contributed by atoms with Crippen LogP contribution in [-0.4, -0.2) is 23.5 Å². The van der Waals surface area contributed by atoms with E-state index in [0.29, 0.717) is 6.61 Å². The Morgan fingerprint density at radius 2 is 2.11 bits per heavy atom. The molecule has 1 saturated heterocycles. The van der Waals surface area contributed by atoms with Crippen molar-refractivity contribution in [1.82, 2.24) is 0 Å². The first-order valence-electron chi connectivity index (χ1n) is 6.59. The molecule has 3 rings (SSSR count). The lowest BCUT2D eigenvalue weighted by Gasteiger charge is -2.18. The van der Waals surface area contributed by atoms with Crippen LogP contribution in [0.2, 0.25) is 0 Å². The molecule has 0 bridgehead atoms. The van der Waals surface area contributed by atoms with E-state index in [0.717, 1.165) is 24.0 Å². The number of hydrogen-bond acceptors (Lipinski definition) is 3. The first kappa shape index (κ1) is 12.6. The number of aliphatic carboxylic acids is 1. The molecule has 4 nitrogen and oxygen atoms in total. The average molecular weight is 262 g/mol. The van der Waals surface area contributed by atoms with Gasteiger partial charge in [-0.1, -0.05) is 24.3 Å². The summed E-state index contributed by atoms with van der Waals surface area (Å²) in [6.45, 7) is 4.28. The molecule has 2 fully saturated rings. The molecule has 0 aromatic heterocycles. The maximum Gasteiger partial charge on any atom is 0.314 e. The lowest BCUT2D eigenvalue weighted by molar-refractivity contribution is -0.140. The zero-order valence-corrected chi connectivity index (χ0v) is 11.2. The monoisotopic (exact) mass is 262 g/mol. The average Bonchev–Trinajstić information content (AvgIpc) is 3.10. The number of carbonyl (C=O) groups is 1. The van der Waals surface area contributed by atoms with E-state index in [1.165, 1.54) is 0 Å². The maximum absolute atomic E-state index is 11.4. The minimum Gasteiger partial charge on any atom is -0.481 e. The summed E-state index contributed by atoms with van der Waals surface area (Å²) in [6.07, 6.45) is 1.33. The minimum absolute atomic E-state index is 0.112. The van der Waals surface area contributed by atoms with Crippen molar-refractivity contribution < 1.29 is 19.4 Å². The predicted octanol–water partition coefficient (Wildman–Crippen LogP) is 2.63. The van der Waals surface area contributed by atoms with Gasteiger partial charge in [0.1, 0.15) is 6.10 Å². The van der Waals surface area contributed by atoms with Crippen LogP contribution in [0.25, 0.3) is 0 Å². The molecule has 0 amide bonds. The van der Waals surface area contributed by atoms with Crippen LogP contribution in [0.3, 0.4) is 0 Å². The molecule has 1 saturated carbocycles. The molecule has 1 aliphatic carbocycles. The molecular weight excluding hydrogens is 244 g/mol. The largest absolute Gasteiger partial charge is 0.481 e. The normalized spacial score (nSPS) is 27.2. The molecule has 1 unspecified atom stereocenters. The van der Waals surface area contributed by atoms with Crippen LogP contribution in [-0.2, 0) is 19.7 Å². The number of carboxylic acid groups (broad SMARTS) is 1. The van der Waals surface area contributed by atoms with Gasteiger partial charge in [-0.25, -0.2) is 0 Å². The van der Waals surface area contributed by atoms with Gasteiger partial charge < -0.3 is 14.6 Å². The van der Waals surface area contributed by atoms with Crippen molar-refractivity contribution in [2.45, 2.75) is 44.0 Å². The number of ether oxygens (including phenoxy) is 2. The molecule has 19 heavy (non-hydrogen) atoms. The van der Waals surface area contributed by atoms with Crippen molar-refractivity contribution in [3.05, 3.63) is 35.4 Å². The Balaban J connectivity index is 1.87. The third kappa shape index (κ3) is 2.15. The number of rotatable bonds is 3. The van der Waals surface area contributed by atoms with Crippen molar-refractivity contribution in [1.29, 1.82) is 0 Å². The second kappa shape index (κ2) is 4.05. The summed E-state index contributed by atoms with van der Waals surface area (Å²) in [7, 11) is 0. The van der Waals surface area contributed by atoms with Gasteiger partial charge in [0.2, 0.25) is 0 Å². The fraction of sp³-hybridized carbons (Fsp3) is 0.533. The third-order valence-corrected chi connectivity index (χ3v) is 3.98. The molecule has 2 aliphatic rings. The highest BCUT2D eigenvalue weighted by Crippen LogP contribution is 2.49. The van der Waals surface area contributed by atoms with Crippen LogP contribution in [0.5, 0.6) is 0 Å². The molecule has 0 radical (unpaired) electrons. The first-order valence-corrected chi connectivity index (χ1v) is 6.59. The van der Waals surface area contributed by atoms with E-state index >= 15 is 0 Å². The Hall–Kier alpha value is -1.39. The molecule has 1 aliphatic heterocycles. The van der Waals surface area contributed by atoms with Gasteiger partial charge in [-0.3, -0.25) is 4.79 Å². The van der Waals surface area contributed by atoms with Gasteiger partial charge in [0, 0.05) is 0 Å². The standard InChI is InChI=1S/C15H18O4/c1-14(2)18-9-12(19-14)10-4-3-5-11(8-10)15(6-7-15)13(16)17/h3-5,8,12H,6-7,9H2,1-2H3,(H,16,17). The lowest BCUT2D eigenvalue weighted by atomic mass is 9.93. The maximum atomic E-state index is 11.4. The van der Waals surface area contributed by atoms with Crippen molar-refractivity contribution in [3.63, 3.8) is 0 Å². The van der Waals surface area contributed by atoms with Crippen LogP contribution in [0.4, 0.5) is 0 Å². The van der Waals surface area contributed by atoms with Gasteiger partial charge in [-0.2, -0.15) is 0 Å². The van der Waals surface area contributed by atoms with Crippen molar-refractivity contribution >= 4 is 5.97 Å². The highest BCUT2D eigenvalue weighted by atomic mass is 16.7. The Bertz CT molecular complexity index is 517. The van der Waals surface area contributed by atoms with E-state index in [2.05, 4.69) is 0 Å². The van der Waals surface area contributed by atoms with E-state index in [1.54, 1.807) is 0 Å². The lowest BCUT2D eigenvalue weighted by Crippen LogP contribution is -2.20. The van der Waals surface area contributed by atoms with Gasteiger partial charge >= 0.3 is 5.97 Å². The quantitative estimate of drug-likeness (QED) is 0.909. The van der Waals surface area contributed by atoms with Crippen molar-refractivity contribution in [2.75, 3.05) is 6.61 Å². The molecule has 102 valence electrons. The summed E-state index contributed by atoms with van der Waals surface area (Å²) < 4.78 is 11.4. The molecule has 1 aromatic carbocycles. The molecular formula is C15H18O4. The van der Waals surface area contributed by atoms with E-state index < -0.39 is 17.2 Å². The number of carboxylic acids is 1. The highest BCUT2D eigenvalue weighted by molar-refractivity contribution is 5.84. The minimum atomic E-state index is -0.728. The Labute approximate surface area is 112 Å². The topological polar surface area (TPSA) is 55.8 Å². The van der Waals surface area contributed by atoms with Gasteiger partial charge in [-0.15, -0.1) is 0 Å². The summed E-state index contributed by atoms with van der Waals surface area (Å²) >= 11 is 0. The van der Waals surface area contributed by atoms with E-state index in [1.807, 2.05) is 38.1 Å². The fourth-order valence-electron chi connectivity index (χ4n) is 2.64. The van der Waals surface area contributed by atoms with Crippen LogP contribution in [0.1, 0.15) is 43.9 Å². The molecule has 1 aromatic rings. The summed E-state index contributed by atoms with van der Waals surface area (Å²) in [5.74, 6) is -1.29. The summed E-state index contributed by atoms with van der Waals surface area (Å²) in [6, 6.07) is 7.72. The van der Waals surface area contributed by atoms with Gasteiger partial charge in [0.05, 0.1) is 12.0 Å². The predicted molar refractivity (Wildman–Crippen MR) is 68.8 cm³/mol. The second-order valence-corrected chi connectivity index (χ2v) is 5.83. The van der Waals surface area contributed by atoms with E-state index in [9.17, 15) is 9.90 Å². The van der Waals surface area contributed by atoms with Crippen LogP contribution in [0, 0.1) is 0 Å². The fourth-order valence-corrected chi connectivity index (χ4v) is 2.64. The molecule has 1 heterocycles. The third-order valence-electron chi connectivity index (χ3n) is 3.98. The Kier molecular flexibility index (Phi) is 2.69. The second-order valence-electron chi connectivity index (χ2n) is 5.83. The Morgan fingerprint density at radius 1 is 1.37 bits per heavy atom. The first-order chi connectivity index (χ1) is 8.93. The molecule has 1 atom stereocenters. The SMILES string of the molecule is CC1(C)OCC(c2cccc(C3(C(=O)O)CC3)c2)O1. The zero-order chi connectivity index (χ0) is 13.7. The summed E-state index contributed by atoms with van der Waals surface area (Å²) in [5, 5.41) is 9.34. The number of benzene rings is 1.